The number of pyridine rings is 1. The summed E-state index contributed by atoms with van der Waals surface area (Å²) in [5.74, 6) is -1.22. The molecule has 6 rings (SSSR count). The second-order valence-electron chi connectivity index (χ2n) is 8.98. The smallest absolute Gasteiger partial charge is 0.301 e. The lowest BCUT2D eigenvalue weighted by Crippen LogP contribution is -2.29. The fraction of sp³-hybridized carbons (Fsp3) is 0.143. The average molecular weight is 589 g/mol. The first-order valence-electron chi connectivity index (χ1n) is 11.7. The summed E-state index contributed by atoms with van der Waals surface area (Å²) >= 11 is 4.77. The van der Waals surface area contributed by atoms with Crippen molar-refractivity contribution in [2.24, 2.45) is 0 Å². The number of hydrogen-bond donors (Lipinski definition) is 1. The molecule has 1 amide bonds. The molecule has 1 N–H and O–H groups in total. The number of benzene rings is 2. The molecule has 1 unspecified atom stereocenters. The van der Waals surface area contributed by atoms with Crippen LogP contribution in [0.2, 0.25) is 0 Å². The predicted molar refractivity (Wildman–Crippen MR) is 150 cm³/mol. The van der Waals surface area contributed by atoms with E-state index < -0.39 is 17.7 Å². The number of thiazole rings is 1. The Balaban J connectivity index is 1.59. The minimum atomic E-state index is -0.903. The van der Waals surface area contributed by atoms with Crippen LogP contribution in [0.5, 0.6) is 5.75 Å². The number of amides is 1. The Labute approximate surface area is 230 Å². The van der Waals surface area contributed by atoms with Crippen molar-refractivity contribution < 1.29 is 19.4 Å². The number of rotatable bonds is 4. The van der Waals surface area contributed by atoms with Crippen molar-refractivity contribution in [3.05, 3.63) is 93.4 Å². The first-order valence-corrected chi connectivity index (χ1v) is 13.3. The van der Waals surface area contributed by atoms with Crippen LogP contribution in [0.1, 0.15) is 28.6 Å². The third kappa shape index (κ3) is 3.71. The van der Waals surface area contributed by atoms with E-state index in [1.54, 1.807) is 19.2 Å². The molecule has 3 aromatic heterocycles. The van der Waals surface area contributed by atoms with Gasteiger partial charge in [-0.2, -0.15) is 0 Å². The van der Waals surface area contributed by atoms with Crippen LogP contribution in [0.4, 0.5) is 5.13 Å². The van der Waals surface area contributed by atoms with Gasteiger partial charge in [-0.05, 0) is 61.4 Å². The van der Waals surface area contributed by atoms with Crippen LogP contribution in [0.15, 0.2) is 70.8 Å². The first kappa shape index (κ1) is 24.3. The maximum atomic E-state index is 13.6. The number of imidazole rings is 1. The molecule has 1 fully saturated rings. The van der Waals surface area contributed by atoms with Crippen molar-refractivity contribution in [2.75, 3.05) is 12.0 Å². The van der Waals surface area contributed by atoms with Crippen LogP contribution in [0.3, 0.4) is 0 Å². The highest BCUT2D eigenvalue weighted by atomic mass is 79.9. The highest BCUT2D eigenvalue weighted by Crippen LogP contribution is 2.45. The largest absolute Gasteiger partial charge is 0.505 e. The molecule has 190 valence electrons. The molecular formula is C28H21BrN4O4S. The molecule has 0 saturated carbocycles. The van der Waals surface area contributed by atoms with Gasteiger partial charge < -0.3 is 14.2 Å². The lowest BCUT2D eigenvalue weighted by atomic mass is 9.96. The van der Waals surface area contributed by atoms with E-state index >= 15 is 0 Å². The summed E-state index contributed by atoms with van der Waals surface area (Å²) in [4.78, 5) is 37.8. The van der Waals surface area contributed by atoms with Crippen molar-refractivity contribution in [2.45, 2.75) is 19.9 Å². The quantitative estimate of drug-likeness (QED) is 0.158. The molecule has 4 heterocycles. The van der Waals surface area contributed by atoms with Gasteiger partial charge in [0, 0.05) is 10.7 Å². The normalized spacial score (nSPS) is 17.2. The Morgan fingerprint density at radius 2 is 1.89 bits per heavy atom. The molecule has 5 aromatic rings. The van der Waals surface area contributed by atoms with E-state index in [2.05, 4.69) is 25.9 Å². The van der Waals surface area contributed by atoms with E-state index in [1.807, 2.05) is 66.9 Å². The highest BCUT2D eigenvalue weighted by molar-refractivity contribution is 9.10. The lowest BCUT2D eigenvalue weighted by Gasteiger charge is -2.23. The lowest BCUT2D eigenvalue weighted by molar-refractivity contribution is -0.132. The van der Waals surface area contributed by atoms with Gasteiger partial charge in [-0.15, -0.1) is 0 Å². The second-order valence-corrected chi connectivity index (χ2v) is 10.9. The van der Waals surface area contributed by atoms with Crippen LogP contribution in [-0.2, 0) is 9.59 Å². The highest BCUT2D eigenvalue weighted by Gasteiger charge is 2.48. The number of halogens is 1. The predicted octanol–water partition coefficient (Wildman–Crippen LogP) is 5.96. The summed E-state index contributed by atoms with van der Waals surface area (Å²) in [5, 5.41) is 12.0. The van der Waals surface area contributed by atoms with Gasteiger partial charge >= 0.3 is 5.91 Å². The number of carbonyl (C=O) groups is 2. The molecule has 0 bridgehead atoms. The monoisotopic (exact) mass is 588 g/mol. The van der Waals surface area contributed by atoms with Crippen LogP contribution >= 0.6 is 27.3 Å². The number of nitrogens with zero attached hydrogens (tertiary/aromatic N) is 4. The van der Waals surface area contributed by atoms with Crippen molar-refractivity contribution in [3.63, 3.8) is 0 Å². The molecule has 38 heavy (non-hydrogen) atoms. The third-order valence-corrected chi connectivity index (χ3v) is 8.22. The number of fused-ring (bicyclic) bond motifs is 2. The number of Topliss-reactive ketones (excluding diaryl/α,β-unsaturated/α-hetero) is 1. The van der Waals surface area contributed by atoms with Gasteiger partial charge in [-0.3, -0.25) is 14.5 Å². The van der Waals surface area contributed by atoms with Crippen molar-refractivity contribution >= 4 is 65.7 Å². The van der Waals surface area contributed by atoms with Crippen molar-refractivity contribution in [3.8, 4) is 5.75 Å². The molecule has 0 spiro atoms. The second kappa shape index (κ2) is 9.07. The number of anilines is 1. The molecule has 1 aliphatic rings. The fourth-order valence-electron chi connectivity index (χ4n) is 4.82. The van der Waals surface area contributed by atoms with Gasteiger partial charge in [-0.25, -0.2) is 9.97 Å². The zero-order valence-corrected chi connectivity index (χ0v) is 23.0. The molecule has 1 atom stereocenters. The molecule has 1 aliphatic heterocycles. The molecule has 0 aliphatic carbocycles. The Morgan fingerprint density at radius 1 is 1.08 bits per heavy atom. The number of ether oxygens (including phenoxy) is 1. The molecular weight excluding hydrogens is 568 g/mol. The number of methoxy groups -OCH3 is 1. The van der Waals surface area contributed by atoms with Crippen molar-refractivity contribution in [1.82, 2.24) is 14.4 Å². The summed E-state index contributed by atoms with van der Waals surface area (Å²) in [6, 6.07) is 15.7. The zero-order chi connectivity index (χ0) is 26.7. The topological polar surface area (TPSA) is 97.0 Å². The summed E-state index contributed by atoms with van der Waals surface area (Å²) in [5.41, 5.74) is 3.79. The number of aryl methyl sites for hydroxylation is 2. The summed E-state index contributed by atoms with van der Waals surface area (Å²) in [6.07, 6.45) is 1.85. The minimum absolute atomic E-state index is 0.0332. The number of ketones is 1. The van der Waals surface area contributed by atoms with Crippen molar-refractivity contribution in [1.29, 1.82) is 0 Å². The Morgan fingerprint density at radius 3 is 2.63 bits per heavy atom. The van der Waals surface area contributed by atoms with Gasteiger partial charge in [0.05, 0.1) is 34.6 Å². The van der Waals surface area contributed by atoms with Crippen LogP contribution in [0, 0.1) is 13.8 Å². The standard InChI is InChI=1S/C28H21BrN4O4S/c1-14-6-5-11-32-15(2)22(31-26(14)32)24(34)21-23(16-7-4-8-17(29)12-16)33(27(36)25(21)35)28-30-19-10-9-18(37-3)13-20(19)38-28/h4-13,23,34H,1-3H3/b24-21+. The first-order chi connectivity index (χ1) is 18.3. The van der Waals surface area contributed by atoms with E-state index in [9.17, 15) is 14.7 Å². The minimum Gasteiger partial charge on any atom is -0.505 e. The van der Waals surface area contributed by atoms with Gasteiger partial charge in [0.25, 0.3) is 5.78 Å². The van der Waals surface area contributed by atoms with Gasteiger partial charge in [0.1, 0.15) is 17.1 Å². The number of carbonyl (C=O) groups excluding carboxylic acids is 2. The van der Waals surface area contributed by atoms with E-state index in [4.69, 9.17) is 4.74 Å². The summed E-state index contributed by atoms with van der Waals surface area (Å²) in [7, 11) is 1.58. The van der Waals surface area contributed by atoms with Crippen LogP contribution in [-0.4, -0.2) is 38.3 Å². The molecule has 8 nitrogen and oxygen atoms in total. The Kier molecular flexibility index (Phi) is 5.81. The Bertz CT molecular complexity index is 1820. The fourth-order valence-corrected chi connectivity index (χ4v) is 6.26. The van der Waals surface area contributed by atoms with Gasteiger partial charge in [0.15, 0.2) is 10.9 Å². The number of hydrogen-bond acceptors (Lipinski definition) is 7. The number of aromatic nitrogens is 3. The van der Waals surface area contributed by atoms with E-state index in [1.165, 1.54) is 16.2 Å². The van der Waals surface area contributed by atoms with E-state index in [-0.39, 0.29) is 17.0 Å². The Hall–Kier alpha value is -4.02. The maximum Gasteiger partial charge on any atom is 0.301 e. The SMILES string of the molecule is COc1ccc2nc(N3C(=O)C(=O)/C(=C(/O)c4nc5c(C)cccn5c4C)C3c3cccc(Br)c3)sc2c1. The van der Waals surface area contributed by atoms with Crippen LogP contribution in [0.25, 0.3) is 21.6 Å². The third-order valence-electron chi connectivity index (χ3n) is 6.71. The van der Waals surface area contributed by atoms with E-state index in [0.717, 1.165) is 14.7 Å². The molecule has 0 radical (unpaired) electrons. The summed E-state index contributed by atoms with van der Waals surface area (Å²) in [6.45, 7) is 3.74. The number of aliphatic hydroxyl groups excluding tert-OH is 1. The van der Waals surface area contributed by atoms with Crippen LogP contribution < -0.4 is 9.64 Å². The molecule has 2 aromatic carbocycles. The van der Waals surface area contributed by atoms with Gasteiger partial charge in [-0.1, -0.05) is 45.5 Å². The molecule has 10 heteroatoms. The average Bonchev–Trinajstić information content (AvgIpc) is 3.56. The van der Waals surface area contributed by atoms with Gasteiger partial charge in [0.2, 0.25) is 0 Å². The maximum absolute atomic E-state index is 13.6. The molecule has 1 saturated heterocycles. The zero-order valence-electron chi connectivity index (χ0n) is 20.6. The summed E-state index contributed by atoms with van der Waals surface area (Å²) < 4.78 is 8.77. The van der Waals surface area contributed by atoms with E-state index in [0.29, 0.717) is 33.3 Å². The number of aliphatic hydroxyl groups is 1.